The summed E-state index contributed by atoms with van der Waals surface area (Å²) in [5, 5.41) is 0. The van der Waals surface area contributed by atoms with Crippen LogP contribution in [0.15, 0.2) is 78.6 Å². The number of rotatable bonds is 2. The molecule has 3 heteroatoms. The molecule has 0 bridgehead atoms. The minimum absolute atomic E-state index is 0.197. The van der Waals surface area contributed by atoms with Crippen LogP contribution in [0.4, 0.5) is 4.39 Å². The number of allylic oxidation sites excluding steroid dienone is 3. The monoisotopic (exact) mass is 291 g/mol. The maximum absolute atomic E-state index is 13.8. The van der Waals surface area contributed by atoms with Crippen molar-refractivity contribution in [2.45, 2.75) is 6.42 Å². The summed E-state index contributed by atoms with van der Waals surface area (Å²) in [6.07, 6.45) is 6.76. The molecule has 0 N–H and O–H groups in total. The Labute approximate surface area is 129 Å². The number of benzene rings is 1. The smallest absolute Gasteiger partial charge is 0.145 e. The highest BCUT2D eigenvalue weighted by Gasteiger charge is 2.15. The molecule has 0 radical (unpaired) electrons. The Bertz CT molecular complexity index is 754. The van der Waals surface area contributed by atoms with Crippen molar-refractivity contribution in [2.75, 3.05) is 0 Å². The topological polar surface area (TPSA) is 22.1 Å². The lowest BCUT2D eigenvalue weighted by atomic mass is 9.99. The quantitative estimate of drug-likeness (QED) is 0.771. The minimum atomic E-state index is -0.228. The predicted molar refractivity (Wildman–Crippen MR) is 83.6 cm³/mol. The average Bonchev–Trinajstić information content (AvgIpc) is 2.54. The standard InChI is InChI=1S/C19H14FNO/c20-17-11-16(9-8-15-5-2-1-3-6-15)12-19(13-17)22-18-7-4-10-21-14-18/h1-7,10,12-14,16H,11H2. The van der Waals surface area contributed by atoms with Gasteiger partial charge in [-0.15, -0.1) is 0 Å². The fraction of sp³-hybridized carbons (Fsp3) is 0.105. The van der Waals surface area contributed by atoms with E-state index in [-0.39, 0.29) is 18.2 Å². The van der Waals surface area contributed by atoms with E-state index in [2.05, 4.69) is 16.8 Å². The van der Waals surface area contributed by atoms with Crippen LogP contribution in [0.3, 0.4) is 0 Å². The number of ether oxygens (including phenoxy) is 1. The van der Waals surface area contributed by atoms with Gasteiger partial charge in [0.1, 0.15) is 17.3 Å². The third-order valence-electron chi connectivity index (χ3n) is 3.13. The minimum Gasteiger partial charge on any atom is -0.456 e. The van der Waals surface area contributed by atoms with E-state index >= 15 is 0 Å². The van der Waals surface area contributed by atoms with Crippen molar-refractivity contribution in [3.63, 3.8) is 0 Å². The second-order valence-corrected chi connectivity index (χ2v) is 4.90. The largest absolute Gasteiger partial charge is 0.456 e. The molecule has 0 saturated carbocycles. The van der Waals surface area contributed by atoms with Crippen molar-refractivity contribution < 1.29 is 9.13 Å². The van der Waals surface area contributed by atoms with Gasteiger partial charge in [-0.1, -0.05) is 30.0 Å². The maximum Gasteiger partial charge on any atom is 0.145 e. The Kier molecular flexibility index (Phi) is 4.31. The van der Waals surface area contributed by atoms with Gasteiger partial charge in [0.25, 0.3) is 0 Å². The van der Waals surface area contributed by atoms with Gasteiger partial charge in [0, 0.05) is 30.2 Å². The Morgan fingerprint density at radius 3 is 2.77 bits per heavy atom. The first-order chi connectivity index (χ1) is 10.8. The van der Waals surface area contributed by atoms with Gasteiger partial charge in [-0.2, -0.15) is 0 Å². The summed E-state index contributed by atoms with van der Waals surface area (Å²) in [5.41, 5.74) is 0.917. The van der Waals surface area contributed by atoms with Crippen LogP contribution in [0, 0.1) is 17.8 Å². The number of pyridine rings is 1. The predicted octanol–water partition coefficient (Wildman–Crippen LogP) is 4.27. The van der Waals surface area contributed by atoms with E-state index in [1.165, 1.54) is 6.08 Å². The molecule has 1 unspecified atom stereocenters. The Morgan fingerprint density at radius 2 is 2.00 bits per heavy atom. The molecular weight excluding hydrogens is 277 g/mol. The summed E-state index contributed by atoms with van der Waals surface area (Å²) in [7, 11) is 0. The van der Waals surface area contributed by atoms with E-state index in [0.717, 1.165) is 5.56 Å². The number of nitrogens with zero attached hydrogens (tertiary/aromatic N) is 1. The fourth-order valence-electron chi connectivity index (χ4n) is 2.13. The second kappa shape index (κ2) is 6.73. The van der Waals surface area contributed by atoms with E-state index in [1.54, 1.807) is 24.5 Å². The zero-order valence-electron chi connectivity index (χ0n) is 11.9. The molecule has 1 aliphatic carbocycles. The molecule has 0 aliphatic heterocycles. The van der Waals surface area contributed by atoms with Crippen LogP contribution in [-0.4, -0.2) is 4.98 Å². The molecule has 0 fully saturated rings. The SMILES string of the molecule is FC1=CC(Oc2cccnc2)=CC(C#Cc2ccccc2)C1. The van der Waals surface area contributed by atoms with Crippen molar-refractivity contribution in [2.24, 2.45) is 5.92 Å². The van der Waals surface area contributed by atoms with Crippen molar-refractivity contribution in [3.05, 3.63) is 84.2 Å². The Morgan fingerprint density at radius 1 is 1.14 bits per heavy atom. The lowest BCUT2D eigenvalue weighted by Gasteiger charge is -2.14. The highest BCUT2D eigenvalue weighted by Crippen LogP contribution is 2.25. The third kappa shape index (κ3) is 3.83. The Balaban J connectivity index is 1.76. The zero-order valence-corrected chi connectivity index (χ0v) is 11.9. The van der Waals surface area contributed by atoms with Crippen LogP contribution in [0.5, 0.6) is 5.75 Å². The maximum atomic E-state index is 13.8. The summed E-state index contributed by atoms with van der Waals surface area (Å²) in [6, 6.07) is 13.2. The summed E-state index contributed by atoms with van der Waals surface area (Å²) < 4.78 is 19.4. The first-order valence-corrected chi connectivity index (χ1v) is 7.02. The van der Waals surface area contributed by atoms with Crippen molar-refractivity contribution in [1.29, 1.82) is 0 Å². The van der Waals surface area contributed by atoms with E-state index in [4.69, 9.17) is 4.74 Å². The normalized spacial score (nSPS) is 16.9. The van der Waals surface area contributed by atoms with Crippen molar-refractivity contribution in [1.82, 2.24) is 4.98 Å². The van der Waals surface area contributed by atoms with Crippen LogP contribution >= 0.6 is 0 Å². The first-order valence-electron chi connectivity index (χ1n) is 7.02. The fourth-order valence-corrected chi connectivity index (χ4v) is 2.13. The number of hydrogen-bond donors (Lipinski definition) is 0. The highest BCUT2D eigenvalue weighted by molar-refractivity contribution is 5.37. The van der Waals surface area contributed by atoms with E-state index < -0.39 is 0 Å². The lowest BCUT2D eigenvalue weighted by Crippen LogP contribution is -2.05. The van der Waals surface area contributed by atoms with Gasteiger partial charge in [0.05, 0.1) is 6.20 Å². The molecule has 0 spiro atoms. The van der Waals surface area contributed by atoms with E-state index in [9.17, 15) is 4.39 Å². The van der Waals surface area contributed by atoms with Gasteiger partial charge in [-0.25, -0.2) is 4.39 Å². The molecule has 108 valence electrons. The molecule has 1 aromatic heterocycles. The summed E-state index contributed by atoms with van der Waals surface area (Å²) in [6.45, 7) is 0. The molecular formula is C19H14FNO. The van der Waals surface area contributed by atoms with Crippen LogP contribution in [-0.2, 0) is 0 Å². The van der Waals surface area contributed by atoms with Gasteiger partial charge in [0.2, 0.25) is 0 Å². The van der Waals surface area contributed by atoms with Crippen LogP contribution in [0.2, 0.25) is 0 Å². The van der Waals surface area contributed by atoms with Crippen molar-refractivity contribution in [3.8, 4) is 17.6 Å². The molecule has 1 atom stereocenters. The second-order valence-electron chi connectivity index (χ2n) is 4.90. The lowest BCUT2D eigenvalue weighted by molar-refractivity contribution is 0.421. The zero-order chi connectivity index (χ0) is 15.2. The molecule has 0 saturated heterocycles. The van der Waals surface area contributed by atoms with Gasteiger partial charge >= 0.3 is 0 Å². The third-order valence-corrected chi connectivity index (χ3v) is 3.13. The first kappa shape index (κ1) is 14.1. The molecule has 22 heavy (non-hydrogen) atoms. The van der Waals surface area contributed by atoms with Crippen molar-refractivity contribution >= 4 is 0 Å². The molecule has 1 aromatic carbocycles. The average molecular weight is 291 g/mol. The summed E-state index contributed by atoms with van der Waals surface area (Å²) >= 11 is 0. The summed E-state index contributed by atoms with van der Waals surface area (Å²) in [5.74, 6) is 6.76. The van der Waals surface area contributed by atoms with Gasteiger partial charge in [0.15, 0.2) is 0 Å². The van der Waals surface area contributed by atoms with E-state index in [0.29, 0.717) is 11.5 Å². The Hall–Kier alpha value is -2.86. The molecule has 2 nitrogen and oxygen atoms in total. The van der Waals surface area contributed by atoms with Crippen LogP contribution < -0.4 is 4.74 Å². The van der Waals surface area contributed by atoms with Crippen LogP contribution in [0.25, 0.3) is 0 Å². The van der Waals surface area contributed by atoms with Gasteiger partial charge in [-0.05, 0) is 30.3 Å². The highest BCUT2D eigenvalue weighted by atomic mass is 19.1. The van der Waals surface area contributed by atoms with Gasteiger partial charge < -0.3 is 4.74 Å². The molecule has 1 aliphatic rings. The molecule has 3 rings (SSSR count). The van der Waals surface area contributed by atoms with Crippen LogP contribution in [0.1, 0.15) is 12.0 Å². The summed E-state index contributed by atoms with van der Waals surface area (Å²) in [4.78, 5) is 3.97. The number of hydrogen-bond acceptors (Lipinski definition) is 2. The van der Waals surface area contributed by atoms with Gasteiger partial charge in [-0.3, -0.25) is 4.98 Å². The molecule has 2 aromatic rings. The van der Waals surface area contributed by atoms with E-state index in [1.807, 2.05) is 36.4 Å². The number of halogens is 1. The molecule has 1 heterocycles. The number of aromatic nitrogens is 1. The molecule has 0 amide bonds.